The van der Waals surface area contributed by atoms with Gasteiger partial charge < -0.3 is 109 Å². The molecule has 0 radical (unpaired) electrons. The number of aliphatic hydroxyl groups excluding tert-OH is 13. The molecule has 4 heterocycles. The lowest BCUT2D eigenvalue weighted by atomic mass is 9.33. The Hall–Kier alpha value is -1.63. The molecule has 4 saturated heterocycles. The van der Waals surface area contributed by atoms with Crippen LogP contribution in [0.5, 0.6) is 0 Å². The average molecular weight is 1110 g/mol. The second kappa shape index (κ2) is 21.5. The van der Waals surface area contributed by atoms with Crippen LogP contribution in [0.3, 0.4) is 0 Å². The van der Waals surface area contributed by atoms with Crippen LogP contribution < -0.4 is 0 Å². The predicted molar refractivity (Wildman–Crippen MR) is 263 cm³/mol. The van der Waals surface area contributed by atoms with Gasteiger partial charge in [0, 0.05) is 5.92 Å². The van der Waals surface area contributed by atoms with Crippen molar-refractivity contribution in [2.24, 2.45) is 50.7 Å². The van der Waals surface area contributed by atoms with Gasteiger partial charge in [-0.1, -0.05) is 53.2 Å². The number of hydrogen-bond donors (Lipinski definition) is 14. The molecular weight excluding hydrogens is 1020 g/mol. The Bertz CT molecular complexity index is 2130. The number of carbonyl (C=O) groups is 1. The molecular formula is C54H88O23. The third kappa shape index (κ3) is 9.42. The van der Waals surface area contributed by atoms with Gasteiger partial charge in [0.05, 0.1) is 43.0 Å². The van der Waals surface area contributed by atoms with Crippen LogP contribution in [-0.4, -0.2) is 232 Å². The van der Waals surface area contributed by atoms with Crippen molar-refractivity contribution < 1.29 is 114 Å². The summed E-state index contributed by atoms with van der Waals surface area (Å²) < 4.78 is 48.5. The molecule has 4 aliphatic heterocycles. The van der Waals surface area contributed by atoms with Gasteiger partial charge in [-0.2, -0.15) is 0 Å². The van der Waals surface area contributed by atoms with Gasteiger partial charge in [0.1, 0.15) is 91.6 Å². The zero-order chi connectivity index (χ0) is 56.4. The van der Waals surface area contributed by atoms with Crippen LogP contribution in [-0.2, 0) is 42.7 Å². The van der Waals surface area contributed by atoms with Crippen molar-refractivity contribution >= 4 is 5.97 Å². The second-order valence-electron chi connectivity index (χ2n) is 25.9. The predicted octanol–water partition coefficient (Wildman–Crippen LogP) is -2.04. The summed E-state index contributed by atoms with van der Waals surface area (Å²) in [5, 5.41) is 152. The summed E-state index contributed by atoms with van der Waals surface area (Å²) in [5.74, 6) is -1.41. The second-order valence-corrected chi connectivity index (χ2v) is 25.9. The van der Waals surface area contributed by atoms with Crippen LogP contribution >= 0.6 is 0 Å². The van der Waals surface area contributed by atoms with Crippen molar-refractivity contribution in [1.29, 1.82) is 0 Å². The number of rotatable bonds is 11. The van der Waals surface area contributed by atoms with E-state index in [4.69, 9.17) is 37.9 Å². The van der Waals surface area contributed by atoms with Gasteiger partial charge in [0.2, 0.25) is 6.29 Å². The Morgan fingerprint density at radius 1 is 0.558 bits per heavy atom. The lowest BCUT2D eigenvalue weighted by Gasteiger charge is -2.72. The van der Waals surface area contributed by atoms with Gasteiger partial charge in [0.15, 0.2) is 18.9 Å². The highest BCUT2D eigenvalue weighted by atomic mass is 16.8. The van der Waals surface area contributed by atoms with Crippen LogP contribution in [0.15, 0.2) is 11.6 Å². The van der Waals surface area contributed by atoms with Crippen molar-refractivity contribution in [3.05, 3.63) is 11.6 Å². The third-order valence-electron chi connectivity index (χ3n) is 21.8. The summed E-state index contributed by atoms with van der Waals surface area (Å²) in [5.41, 5.74) is -3.32. The van der Waals surface area contributed by atoms with Crippen LogP contribution in [0.1, 0.15) is 113 Å². The van der Waals surface area contributed by atoms with Crippen LogP contribution in [0.25, 0.3) is 0 Å². The molecule has 4 saturated carbocycles. The van der Waals surface area contributed by atoms with Crippen molar-refractivity contribution in [1.82, 2.24) is 0 Å². The van der Waals surface area contributed by atoms with E-state index in [-0.39, 0.29) is 28.6 Å². The first-order valence-corrected chi connectivity index (χ1v) is 27.9. The molecule has 30 atom stereocenters. The number of allylic oxidation sites excluding steroid dienone is 1. The number of carbonyl (C=O) groups excluding carboxylic acids is 1. The summed E-state index contributed by atoms with van der Waals surface area (Å²) in [6, 6.07) is 0. The van der Waals surface area contributed by atoms with Gasteiger partial charge in [-0.15, -0.1) is 0 Å². The highest BCUT2D eigenvalue weighted by molar-refractivity contribution is 5.79. The summed E-state index contributed by atoms with van der Waals surface area (Å²) >= 11 is 0. The topological polar surface area (TPSA) is 374 Å². The maximum Gasteiger partial charge on any atom is 0.315 e. The van der Waals surface area contributed by atoms with E-state index in [2.05, 4.69) is 40.7 Å². The minimum Gasteiger partial charge on any atom is -0.432 e. The summed E-state index contributed by atoms with van der Waals surface area (Å²) in [4.78, 5) is 14.8. The third-order valence-corrected chi connectivity index (χ3v) is 21.8. The molecule has 9 aliphatic rings. The van der Waals surface area contributed by atoms with Crippen molar-refractivity contribution in [3.63, 3.8) is 0 Å². The Labute approximate surface area is 449 Å². The fraction of sp³-hybridized carbons (Fsp3) is 0.944. The van der Waals surface area contributed by atoms with E-state index in [9.17, 15) is 76.3 Å². The van der Waals surface area contributed by atoms with E-state index in [0.717, 1.165) is 18.4 Å². The molecule has 14 N–H and O–H groups in total. The maximum atomic E-state index is 14.8. The first-order chi connectivity index (χ1) is 36.0. The van der Waals surface area contributed by atoms with Crippen LogP contribution in [0, 0.1) is 50.7 Å². The van der Waals surface area contributed by atoms with Crippen LogP contribution in [0.4, 0.5) is 0 Å². The molecule has 0 aromatic heterocycles. The fourth-order valence-electron chi connectivity index (χ4n) is 16.7. The van der Waals surface area contributed by atoms with Crippen molar-refractivity contribution in [3.8, 4) is 0 Å². The van der Waals surface area contributed by atoms with E-state index in [1.807, 2.05) is 6.92 Å². The lowest BCUT2D eigenvalue weighted by Crippen LogP contribution is -2.69. The molecule has 0 unspecified atom stereocenters. The molecule has 23 heteroatoms. The normalized spacial score (nSPS) is 55.7. The lowest BCUT2D eigenvalue weighted by molar-refractivity contribution is -0.397. The number of esters is 1. The van der Waals surface area contributed by atoms with E-state index < -0.39 is 182 Å². The first kappa shape index (κ1) is 60.0. The maximum absolute atomic E-state index is 14.8. The molecule has 9 rings (SSSR count). The number of aliphatic hydroxyl groups is 14. The molecule has 5 aliphatic carbocycles. The summed E-state index contributed by atoms with van der Waals surface area (Å²) in [7, 11) is 0. The van der Waals surface area contributed by atoms with E-state index in [1.165, 1.54) is 6.92 Å². The average Bonchev–Trinajstić information content (AvgIpc) is 3.38. The Morgan fingerprint density at radius 3 is 1.66 bits per heavy atom. The zero-order valence-electron chi connectivity index (χ0n) is 45.4. The SMILES string of the molecule is C[C@@H]1O[C@@H](O[C@H]2[C@H](O[C@H]3[C@H](O[C@H]4CC[C@]5(C)[C@H]6CC=C7[C@H]8[C@](C(=O)O[C@@H]9O[C@H](CO)[C@@H](O)[C@H](O)[C@H]9O)(CC[C@@H](C)[C@@]8(C)O)CC[C@@]7(C)[C@]6(C)CC[C@H]5C4(C)C)O[C@H](CO)[C@@H](O)[C@@H]3O)O[C@H](CO)[C@@H](O)[C@@H]2O)[C@H](O)[C@H](O)[C@H]1O. The van der Waals surface area contributed by atoms with Crippen LogP contribution in [0.2, 0.25) is 0 Å². The molecule has 23 nitrogen and oxygen atoms in total. The molecule has 442 valence electrons. The van der Waals surface area contributed by atoms with Gasteiger partial charge in [-0.05, 0) is 111 Å². The van der Waals surface area contributed by atoms with E-state index in [1.54, 1.807) is 6.92 Å². The van der Waals surface area contributed by atoms with Gasteiger partial charge >= 0.3 is 5.97 Å². The summed E-state index contributed by atoms with van der Waals surface area (Å²) in [6.45, 7) is 14.2. The number of hydrogen-bond acceptors (Lipinski definition) is 23. The molecule has 0 bridgehead atoms. The van der Waals surface area contributed by atoms with Gasteiger partial charge in [-0.25, -0.2) is 0 Å². The minimum atomic E-state index is -1.88. The van der Waals surface area contributed by atoms with Gasteiger partial charge in [-0.3, -0.25) is 4.79 Å². The zero-order valence-corrected chi connectivity index (χ0v) is 45.4. The molecule has 77 heavy (non-hydrogen) atoms. The van der Waals surface area contributed by atoms with Crippen molar-refractivity contribution in [2.45, 2.75) is 248 Å². The standard InChI is InChI=1S/C54H88O23/c1-22-11-16-54(48(68)77-45-40(67)36(63)32(59)25(19-55)71-45)18-17-51(6)24(43(54)53(22,8)69)9-10-29-50(5)14-13-30(49(3,4)28(50)12-15-52(29,51)7)74-46-41(37(64)33(60)26(20-56)72-46)76-47-42(38(65)34(61)27(21-57)73-47)75-44-39(66)35(62)31(58)23(2)70-44/h9,22-23,25-47,55-67,69H,10-21H2,1-8H3/t22-,23+,25-,26-,27-,28+,29-,30+,31+,32-,33-,34-,35-,36+,37+,38+,39-,40-,41-,42-,43-,44+,45+,46+,47+,50+,51-,52-,53-,54+/m1/s1. The Kier molecular flexibility index (Phi) is 16.8. The minimum absolute atomic E-state index is 0.0334. The smallest absolute Gasteiger partial charge is 0.315 e. The monoisotopic (exact) mass is 1100 g/mol. The first-order valence-electron chi connectivity index (χ1n) is 27.9. The summed E-state index contributed by atoms with van der Waals surface area (Å²) in [6.07, 6.45) is -25.7. The molecule has 0 spiro atoms. The van der Waals surface area contributed by atoms with Crippen molar-refractivity contribution in [2.75, 3.05) is 19.8 Å². The van der Waals surface area contributed by atoms with E-state index in [0.29, 0.717) is 44.9 Å². The van der Waals surface area contributed by atoms with Gasteiger partial charge in [0.25, 0.3) is 0 Å². The number of fused-ring (bicyclic) bond motifs is 7. The fourth-order valence-corrected chi connectivity index (χ4v) is 16.7. The largest absolute Gasteiger partial charge is 0.432 e. The Morgan fingerprint density at radius 2 is 1.08 bits per heavy atom. The van der Waals surface area contributed by atoms with E-state index >= 15 is 0 Å². The Balaban J connectivity index is 0.975. The highest BCUT2D eigenvalue weighted by Gasteiger charge is 2.72. The highest BCUT2D eigenvalue weighted by Crippen LogP contribution is 2.76. The quantitative estimate of drug-likeness (QED) is 0.0602. The molecule has 0 aromatic rings. The molecule has 0 aromatic carbocycles. The molecule has 0 amide bonds. The number of ether oxygens (including phenoxy) is 8. The molecule has 8 fully saturated rings.